The van der Waals surface area contributed by atoms with E-state index in [9.17, 15) is 15.3 Å². The highest BCUT2D eigenvalue weighted by Crippen LogP contribution is 2.47. The van der Waals surface area contributed by atoms with E-state index in [1.54, 1.807) is 19.1 Å². The van der Waals surface area contributed by atoms with Crippen molar-refractivity contribution >= 4 is 11.5 Å². The Morgan fingerprint density at radius 1 is 0.793 bits per heavy atom. The Labute approximate surface area is 169 Å². The van der Waals surface area contributed by atoms with Crippen LogP contribution in [0.25, 0.3) is 16.7 Å². The zero-order valence-corrected chi connectivity index (χ0v) is 15.9. The first-order valence-corrected chi connectivity index (χ1v) is 9.17. The summed E-state index contributed by atoms with van der Waals surface area (Å²) in [5.74, 6) is -0.407. The van der Waals surface area contributed by atoms with Crippen LogP contribution in [0.1, 0.15) is 28.4 Å². The van der Waals surface area contributed by atoms with Crippen molar-refractivity contribution in [1.29, 1.82) is 10.5 Å². The van der Waals surface area contributed by atoms with Crippen LogP contribution in [0.4, 0.5) is 0 Å². The molecule has 0 unspecified atom stereocenters. The van der Waals surface area contributed by atoms with E-state index in [-0.39, 0.29) is 12.2 Å². The summed E-state index contributed by atoms with van der Waals surface area (Å²) >= 11 is 0. The molecule has 4 nitrogen and oxygen atoms in total. The summed E-state index contributed by atoms with van der Waals surface area (Å²) in [6, 6.07) is 28.6. The van der Waals surface area contributed by atoms with Gasteiger partial charge in [0.25, 0.3) is 0 Å². The van der Waals surface area contributed by atoms with Crippen LogP contribution < -0.4 is 0 Å². The van der Waals surface area contributed by atoms with E-state index < -0.39 is 5.97 Å². The fourth-order valence-corrected chi connectivity index (χ4v) is 3.29. The molecule has 3 aromatic carbocycles. The quantitative estimate of drug-likeness (QED) is 0.347. The van der Waals surface area contributed by atoms with Gasteiger partial charge in [-0.05, 0) is 29.7 Å². The lowest BCUT2D eigenvalue weighted by molar-refractivity contribution is 0.0527. The maximum atomic E-state index is 12.3. The van der Waals surface area contributed by atoms with Crippen LogP contribution in [0.2, 0.25) is 0 Å². The number of carbonyl (C=O) groups is 1. The highest BCUT2D eigenvalue weighted by atomic mass is 16.5. The van der Waals surface area contributed by atoms with Crippen molar-refractivity contribution in [2.24, 2.45) is 0 Å². The Hall–Kier alpha value is -4.15. The predicted octanol–water partition coefficient (Wildman–Crippen LogP) is 5.38. The molecule has 0 atom stereocenters. The number of hydrogen-bond donors (Lipinski definition) is 0. The van der Waals surface area contributed by atoms with Gasteiger partial charge in [0.05, 0.1) is 12.2 Å². The van der Waals surface area contributed by atoms with Gasteiger partial charge in [-0.25, -0.2) is 4.79 Å². The average Bonchev–Trinajstić information content (AvgIpc) is 3.11. The van der Waals surface area contributed by atoms with Gasteiger partial charge in [-0.1, -0.05) is 72.8 Å². The second-order valence-electron chi connectivity index (χ2n) is 6.12. The molecular weight excluding hydrogens is 360 g/mol. The molecule has 4 rings (SSSR count). The highest BCUT2D eigenvalue weighted by molar-refractivity contribution is 6.10. The van der Waals surface area contributed by atoms with Gasteiger partial charge in [-0.15, -0.1) is 0 Å². The Balaban J connectivity index is 0.000000343. The molecule has 0 heterocycles. The maximum Gasteiger partial charge on any atom is 0.338 e. The molecule has 0 radical (unpaired) electrons. The first-order chi connectivity index (χ1) is 14.2. The number of benzene rings is 3. The number of fused-ring (bicyclic) bond motifs is 3. The zero-order valence-electron chi connectivity index (χ0n) is 15.9. The third-order valence-electron chi connectivity index (χ3n) is 4.44. The molecule has 0 saturated carbocycles. The number of carbonyl (C=O) groups excluding carboxylic acids is 1. The number of esters is 1. The summed E-state index contributed by atoms with van der Waals surface area (Å²) in [5, 5.41) is 18.6. The van der Waals surface area contributed by atoms with Gasteiger partial charge < -0.3 is 4.74 Å². The van der Waals surface area contributed by atoms with Crippen LogP contribution >= 0.6 is 0 Å². The van der Waals surface area contributed by atoms with E-state index in [4.69, 9.17) is 4.74 Å². The van der Waals surface area contributed by atoms with Gasteiger partial charge in [0.2, 0.25) is 0 Å². The van der Waals surface area contributed by atoms with Crippen LogP contribution in [0.5, 0.6) is 0 Å². The van der Waals surface area contributed by atoms with Crippen molar-refractivity contribution in [1.82, 2.24) is 0 Å². The molecule has 0 bridgehead atoms. The Morgan fingerprint density at radius 2 is 1.34 bits per heavy atom. The molecule has 0 spiro atoms. The molecule has 0 aromatic heterocycles. The minimum absolute atomic E-state index is 0.0391. The molecule has 140 valence electrons. The van der Waals surface area contributed by atoms with E-state index in [1.807, 2.05) is 78.9 Å². The van der Waals surface area contributed by atoms with Crippen LogP contribution in [0.15, 0.2) is 84.4 Å². The molecule has 3 aromatic rings. The van der Waals surface area contributed by atoms with Crippen LogP contribution in [0, 0.1) is 22.7 Å². The van der Waals surface area contributed by atoms with E-state index in [1.165, 1.54) is 0 Å². The average molecular weight is 378 g/mol. The summed E-state index contributed by atoms with van der Waals surface area (Å²) < 4.78 is 5.13. The number of hydrogen-bond acceptors (Lipinski definition) is 4. The van der Waals surface area contributed by atoms with E-state index in [2.05, 4.69) is 0 Å². The van der Waals surface area contributed by atoms with Crippen molar-refractivity contribution in [3.8, 4) is 23.3 Å². The maximum absolute atomic E-state index is 12.3. The van der Waals surface area contributed by atoms with Gasteiger partial charge in [0.1, 0.15) is 17.7 Å². The fraction of sp³-hybridized carbons (Fsp3) is 0.0800. The van der Waals surface area contributed by atoms with E-state index >= 15 is 0 Å². The molecule has 0 saturated heterocycles. The van der Waals surface area contributed by atoms with Crippen molar-refractivity contribution in [3.05, 3.63) is 101 Å². The summed E-state index contributed by atoms with van der Waals surface area (Å²) in [5.41, 5.74) is 4.13. The van der Waals surface area contributed by atoms with E-state index in [0.717, 1.165) is 22.3 Å². The summed E-state index contributed by atoms with van der Waals surface area (Å²) in [6.07, 6.45) is 0. The highest BCUT2D eigenvalue weighted by Gasteiger charge is 2.30. The standard InChI is InChI=1S/C19H12N2O2.C6H6/c1-2-23-19(22)16-9-5-8-15-17(12(10-20)11-21)13-6-3-4-7-14(13)18(15)16;1-2-4-6-5-3-1/h3-9H,2H2,1H3;1-6H. The second kappa shape index (κ2) is 9.17. The monoisotopic (exact) mass is 378 g/mol. The SMILES string of the molecule is CCOC(=O)c1cccc2c1-c1ccccc1C2=C(C#N)C#N.c1ccccc1. The number of ether oxygens (including phenoxy) is 1. The van der Waals surface area contributed by atoms with Gasteiger partial charge in [0, 0.05) is 11.1 Å². The normalized spacial score (nSPS) is 10.4. The largest absolute Gasteiger partial charge is 0.462 e. The zero-order chi connectivity index (χ0) is 20.6. The molecule has 29 heavy (non-hydrogen) atoms. The summed E-state index contributed by atoms with van der Waals surface area (Å²) in [4.78, 5) is 12.3. The van der Waals surface area contributed by atoms with Crippen LogP contribution in [-0.2, 0) is 4.74 Å². The minimum atomic E-state index is -0.407. The van der Waals surface area contributed by atoms with Gasteiger partial charge in [-0.3, -0.25) is 0 Å². The minimum Gasteiger partial charge on any atom is -0.462 e. The number of allylic oxidation sites excluding steroid dienone is 1. The van der Waals surface area contributed by atoms with Gasteiger partial charge >= 0.3 is 5.97 Å². The van der Waals surface area contributed by atoms with E-state index in [0.29, 0.717) is 11.1 Å². The Morgan fingerprint density at radius 3 is 1.90 bits per heavy atom. The molecule has 0 fully saturated rings. The fourth-order valence-electron chi connectivity index (χ4n) is 3.29. The van der Waals surface area contributed by atoms with Crippen molar-refractivity contribution < 1.29 is 9.53 Å². The third kappa shape index (κ3) is 3.93. The molecule has 1 aliphatic rings. The summed E-state index contributed by atoms with van der Waals surface area (Å²) in [7, 11) is 0. The van der Waals surface area contributed by atoms with Crippen molar-refractivity contribution in [2.45, 2.75) is 6.92 Å². The number of nitriles is 2. The Bertz CT molecular complexity index is 1110. The number of nitrogens with zero attached hydrogens (tertiary/aromatic N) is 2. The van der Waals surface area contributed by atoms with Gasteiger partial charge in [0.15, 0.2) is 0 Å². The smallest absolute Gasteiger partial charge is 0.338 e. The van der Waals surface area contributed by atoms with Crippen molar-refractivity contribution in [2.75, 3.05) is 6.61 Å². The molecule has 1 aliphatic carbocycles. The molecule has 0 amide bonds. The lowest BCUT2D eigenvalue weighted by Gasteiger charge is -2.08. The predicted molar refractivity (Wildman–Crippen MR) is 112 cm³/mol. The molecule has 0 N–H and O–H groups in total. The Kier molecular flexibility index (Phi) is 6.20. The van der Waals surface area contributed by atoms with Crippen LogP contribution in [-0.4, -0.2) is 12.6 Å². The second-order valence-corrected chi connectivity index (χ2v) is 6.12. The van der Waals surface area contributed by atoms with Gasteiger partial charge in [-0.2, -0.15) is 10.5 Å². The first-order valence-electron chi connectivity index (χ1n) is 9.17. The van der Waals surface area contributed by atoms with Crippen LogP contribution in [0.3, 0.4) is 0 Å². The molecule has 0 aliphatic heterocycles. The molecular formula is C25H18N2O2. The lowest BCUT2D eigenvalue weighted by atomic mass is 9.97. The summed E-state index contributed by atoms with van der Waals surface area (Å²) in [6.45, 7) is 2.04. The van der Waals surface area contributed by atoms with Crippen molar-refractivity contribution in [3.63, 3.8) is 0 Å². The lowest BCUT2D eigenvalue weighted by Crippen LogP contribution is -2.06. The molecule has 4 heteroatoms. The third-order valence-corrected chi connectivity index (χ3v) is 4.44. The number of rotatable bonds is 2. The topological polar surface area (TPSA) is 73.9 Å². The first kappa shape index (κ1) is 19.6.